The molecule has 4 heteroatoms. The van der Waals surface area contributed by atoms with Crippen molar-refractivity contribution in [1.82, 2.24) is 6.15 Å². The molecule has 0 unspecified atom stereocenters. The fourth-order valence-electron chi connectivity index (χ4n) is 0.942. The SMILES string of the molecule is CCc1cccc(OC(F)F)c1.N. The van der Waals surface area contributed by atoms with E-state index in [-0.39, 0.29) is 11.9 Å². The molecular formula is C9H13F2NO. The third-order valence-electron chi connectivity index (χ3n) is 1.53. The molecule has 0 fully saturated rings. The number of hydrogen-bond acceptors (Lipinski definition) is 2. The van der Waals surface area contributed by atoms with Crippen molar-refractivity contribution in [1.29, 1.82) is 0 Å². The number of hydrogen-bond donors (Lipinski definition) is 1. The Bertz CT molecular complexity index is 253. The lowest BCUT2D eigenvalue weighted by Gasteiger charge is -2.04. The summed E-state index contributed by atoms with van der Waals surface area (Å²) in [7, 11) is 0. The van der Waals surface area contributed by atoms with E-state index < -0.39 is 6.61 Å². The normalized spacial score (nSPS) is 9.54. The number of alkyl halides is 2. The van der Waals surface area contributed by atoms with Crippen molar-refractivity contribution >= 4 is 0 Å². The largest absolute Gasteiger partial charge is 0.435 e. The number of benzene rings is 1. The molecule has 1 aromatic carbocycles. The van der Waals surface area contributed by atoms with Crippen molar-refractivity contribution < 1.29 is 13.5 Å². The van der Waals surface area contributed by atoms with E-state index in [0.717, 1.165) is 12.0 Å². The van der Waals surface area contributed by atoms with E-state index in [1.165, 1.54) is 6.07 Å². The van der Waals surface area contributed by atoms with Crippen LogP contribution in [0.3, 0.4) is 0 Å². The van der Waals surface area contributed by atoms with E-state index >= 15 is 0 Å². The van der Waals surface area contributed by atoms with Crippen LogP contribution in [0.2, 0.25) is 0 Å². The van der Waals surface area contributed by atoms with Crippen LogP contribution in [0.1, 0.15) is 12.5 Å². The monoisotopic (exact) mass is 189 g/mol. The second kappa shape index (κ2) is 5.48. The Hall–Kier alpha value is -1.16. The van der Waals surface area contributed by atoms with Crippen LogP contribution in [0.4, 0.5) is 8.78 Å². The molecular weight excluding hydrogens is 176 g/mol. The molecule has 0 radical (unpaired) electrons. The highest BCUT2D eigenvalue weighted by Crippen LogP contribution is 2.15. The molecule has 2 nitrogen and oxygen atoms in total. The predicted molar refractivity (Wildman–Crippen MR) is 47.5 cm³/mol. The van der Waals surface area contributed by atoms with Gasteiger partial charge < -0.3 is 10.9 Å². The van der Waals surface area contributed by atoms with Gasteiger partial charge in [-0.15, -0.1) is 0 Å². The van der Waals surface area contributed by atoms with Crippen molar-refractivity contribution in [2.75, 3.05) is 0 Å². The van der Waals surface area contributed by atoms with E-state index in [2.05, 4.69) is 4.74 Å². The summed E-state index contributed by atoms with van der Waals surface area (Å²) in [5, 5.41) is 0. The first-order valence-corrected chi connectivity index (χ1v) is 3.76. The van der Waals surface area contributed by atoms with Crippen LogP contribution in [-0.4, -0.2) is 6.61 Å². The maximum absolute atomic E-state index is 11.7. The van der Waals surface area contributed by atoms with Gasteiger partial charge in [0.15, 0.2) is 0 Å². The van der Waals surface area contributed by atoms with E-state index in [4.69, 9.17) is 0 Å². The van der Waals surface area contributed by atoms with Crippen molar-refractivity contribution in [2.24, 2.45) is 0 Å². The van der Waals surface area contributed by atoms with Gasteiger partial charge in [-0.25, -0.2) is 0 Å². The summed E-state index contributed by atoms with van der Waals surface area (Å²) in [6, 6.07) is 6.71. The molecule has 3 N–H and O–H groups in total. The van der Waals surface area contributed by atoms with E-state index in [1.54, 1.807) is 12.1 Å². The Morgan fingerprint density at radius 3 is 2.62 bits per heavy atom. The summed E-state index contributed by atoms with van der Waals surface area (Å²) in [6.45, 7) is -0.779. The lowest BCUT2D eigenvalue weighted by molar-refractivity contribution is -0.0498. The number of halogens is 2. The number of rotatable bonds is 3. The molecule has 0 heterocycles. The van der Waals surface area contributed by atoms with Gasteiger partial charge in [0, 0.05) is 0 Å². The lowest BCUT2D eigenvalue weighted by Crippen LogP contribution is -2.01. The molecule has 0 aliphatic rings. The minimum atomic E-state index is -2.74. The predicted octanol–water partition coefficient (Wildman–Crippen LogP) is 3.01. The summed E-state index contributed by atoms with van der Waals surface area (Å²) < 4.78 is 27.7. The quantitative estimate of drug-likeness (QED) is 0.794. The van der Waals surface area contributed by atoms with Crippen molar-refractivity contribution in [3.63, 3.8) is 0 Å². The fraction of sp³-hybridized carbons (Fsp3) is 0.333. The van der Waals surface area contributed by atoms with Crippen molar-refractivity contribution in [3.05, 3.63) is 29.8 Å². The zero-order valence-corrected chi connectivity index (χ0v) is 7.47. The number of ether oxygens (including phenoxy) is 1. The van der Waals surface area contributed by atoms with Gasteiger partial charge in [0.2, 0.25) is 0 Å². The molecule has 1 rings (SSSR count). The van der Waals surface area contributed by atoms with Gasteiger partial charge in [-0.3, -0.25) is 0 Å². The zero-order chi connectivity index (χ0) is 8.97. The second-order valence-corrected chi connectivity index (χ2v) is 2.38. The fourth-order valence-corrected chi connectivity index (χ4v) is 0.942. The summed E-state index contributed by atoms with van der Waals surface area (Å²) in [5.74, 6) is 0.226. The molecule has 0 saturated heterocycles. The standard InChI is InChI=1S/C9H10F2O.H3N/c1-2-7-4-3-5-8(6-7)12-9(10)11;/h3-6,9H,2H2,1H3;1H3. The van der Waals surface area contributed by atoms with Gasteiger partial charge in [-0.2, -0.15) is 8.78 Å². The van der Waals surface area contributed by atoms with Crippen LogP contribution in [0.5, 0.6) is 5.75 Å². The summed E-state index contributed by atoms with van der Waals surface area (Å²) >= 11 is 0. The van der Waals surface area contributed by atoms with Crippen LogP contribution >= 0.6 is 0 Å². The van der Waals surface area contributed by atoms with Crippen molar-refractivity contribution in [2.45, 2.75) is 20.0 Å². The first-order chi connectivity index (χ1) is 5.72. The van der Waals surface area contributed by atoms with Crippen molar-refractivity contribution in [3.8, 4) is 5.75 Å². The van der Waals surface area contributed by atoms with E-state index in [1.807, 2.05) is 13.0 Å². The Morgan fingerprint density at radius 2 is 2.08 bits per heavy atom. The number of aryl methyl sites for hydroxylation is 1. The molecule has 74 valence electrons. The molecule has 0 amide bonds. The molecule has 0 atom stereocenters. The molecule has 0 aliphatic heterocycles. The summed E-state index contributed by atoms with van der Waals surface area (Å²) in [5.41, 5.74) is 0.994. The Labute approximate surface area is 76.1 Å². The third kappa shape index (κ3) is 3.85. The minimum absolute atomic E-state index is 0. The maximum atomic E-state index is 11.7. The Morgan fingerprint density at radius 1 is 1.38 bits per heavy atom. The smallest absolute Gasteiger partial charge is 0.387 e. The highest BCUT2D eigenvalue weighted by Gasteiger charge is 2.03. The zero-order valence-electron chi connectivity index (χ0n) is 7.47. The highest BCUT2D eigenvalue weighted by atomic mass is 19.3. The molecule has 0 aromatic heterocycles. The van der Waals surface area contributed by atoms with E-state index in [0.29, 0.717) is 0 Å². The van der Waals surface area contributed by atoms with Crippen LogP contribution in [0.15, 0.2) is 24.3 Å². The molecule has 1 aromatic rings. The average Bonchev–Trinajstić information content (AvgIpc) is 2.03. The van der Waals surface area contributed by atoms with Gasteiger partial charge in [0.05, 0.1) is 0 Å². The molecule has 0 bridgehead atoms. The Kier molecular flexibility index (Phi) is 4.99. The minimum Gasteiger partial charge on any atom is -0.435 e. The van der Waals surface area contributed by atoms with Crippen LogP contribution in [0.25, 0.3) is 0 Å². The third-order valence-corrected chi connectivity index (χ3v) is 1.53. The van der Waals surface area contributed by atoms with E-state index in [9.17, 15) is 8.78 Å². The van der Waals surface area contributed by atoms with Gasteiger partial charge in [0.25, 0.3) is 0 Å². The highest BCUT2D eigenvalue weighted by molar-refractivity contribution is 5.28. The van der Waals surface area contributed by atoms with Crippen LogP contribution < -0.4 is 10.9 Å². The average molecular weight is 189 g/mol. The van der Waals surface area contributed by atoms with Gasteiger partial charge in [0.1, 0.15) is 5.75 Å². The lowest BCUT2D eigenvalue weighted by atomic mass is 10.2. The second-order valence-electron chi connectivity index (χ2n) is 2.38. The summed E-state index contributed by atoms with van der Waals surface area (Å²) in [4.78, 5) is 0. The molecule has 13 heavy (non-hydrogen) atoms. The first kappa shape index (κ1) is 11.8. The summed E-state index contributed by atoms with van der Waals surface area (Å²) in [6.07, 6.45) is 0.820. The van der Waals surface area contributed by atoms with Gasteiger partial charge in [-0.1, -0.05) is 19.1 Å². The first-order valence-electron chi connectivity index (χ1n) is 3.76. The maximum Gasteiger partial charge on any atom is 0.387 e. The molecule has 0 saturated carbocycles. The Balaban J connectivity index is 0.00000144. The van der Waals surface area contributed by atoms with Gasteiger partial charge >= 0.3 is 6.61 Å². The molecule has 0 aliphatic carbocycles. The topological polar surface area (TPSA) is 44.2 Å². The van der Waals surface area contributed by atoms with Crippen LogP contribution in [-0.2, 0) is 6.42 Å². The van der Waals surface area contributed by atoms with Crippen LogP contribution in [0, 0.1) is 0 Å². The van der Waals surface area contributed by atoms with Gasteiger partial charge in [-0.05, 0) is 24.1 Å². The molecule has 0 spiro atoms.